The molecule has 2 rings (SSSR count). The maximum Gasteiger partial charge on any atom is 0.0496 e. The van der Waals surface area contributed by atoms with Crippen LogP contribution in [0.1, 0.15) is 19.3 Å². The molecule has 2 heteroatoms. The summed E-state index contributed by atoms with van der Waals surface area (Å²) in [6.07, 6.45) is 7.14. The van der Waals surface area contributed by atoms with E-state index in [1.54, 1.807) is 0 Å². The zero-order valence-corrected chi connectivity index (χ0v) is 6.58. The second kappa shape index (κ2) is 2.08. The molecule has 2 N–H and O–H groups in total. The molecule has 0 heterocycles. The van der Waals surface area contributed by atoms with Gasteiger partial charge in [0.2, 0.25) is 0 Å². The Bertz CT molecular complexity index is 180. The van der Waals surface area contributed by atoms with Crippen LogP contribution in [0.3, 0.4) is 0 Å². The summed E-state index contributed by atoms with van der Waals surface area (Å²) in [4.78, 5) is 0. The molecule has 2 aliphatic rings. The van der Waals surface area contributed by atoms with Gasteiger partial charge in [-0.1, -0.05) is 12.2 Å². The van der Waals surface area contributed by atoms with Gasteiger partial charge in [-0.15, -0.1) is 0 Å². The first kappa shape index (κ1) is 7.32. The minimum atomic E-state index is 0.0521. The maximum absolute atomic E-state index is 9.14. The standard InChI is InChI=1S/C9H14O2/c10-6-8-3-1-2-4-9(8,5-8)7-11/h1-2,10-11H,3-7H2. The molecule has 1 saturated carbocycles. The van der Waals surface area contributed by atoms with Crippen molar-refractivity contribution in [1.82, 2.24) is 0 Å². The van der Waals surface area contributed by atoms with E-state index < -0.39 is 0 Å². The average Bonchev–Trinajstić information content (AvgIpc) is 2.75. The predicted octanol–water partition coefficient (Wildman–Crippen LogP) is 0.698. The summed E-state index contributed by atoms with van der Waals surface area (Å²) in [5, 5.41) is 18.3. The molecule has 0 amide bonds. The fraction of sp³-hybridized carbons (Fsp3) is 0.778. The van der Waals surface area contributed by atoms with Crippen LogP contribution in [-0.2, 0) is 0 Å². The van der Waals surface area contributed by atoms with Crippen molar-refractivity contribution in [3.05, 3.63) is 12.2 Å². The predicted molar refractivity (Wildman–Crippen MR) is 42.0 cm³/mol. The third-order valence-electron chi connectivity index (χ3n) is 3.47. The molecule has 2 aliphatic carbocycles. The largest absolute Gasteiger partial charge is 0.396 e. The molecular formula is C9H14O2. The Hall–Kier alpha value is -0.340. The van der Waals surface area contributed by atoms with Crippen molar-refractivity contribution in [2.75, 3.05) is 13.2 Å². The molecule has 0 aromatic heterocycles. The van der Waals surface area contributed by atoms with Crippen molar-refractivity contribution in [1.29, 1.82) is 0 Å². The maximum atomic E-state index is 9.14. The third-order valence-corrected chi connectivity index (χ3v) is 3.47. The molecule has 11 heavy (non-hydrogen) atoms. The Labute approximate surface area is 66.5 Å². The summed E-state index contributed by atoms with van der Waals surface area (Å²) in [6, 6.07) is 0. The van der Waals surface area contributed by atoms with Crippen molar-refractivity contribution in [3.63, 3.8) is 0 Å². The summed E-state index contributed by atoms with van der Waals surface area (Å²) in [7, 11) is 0. The molecular weight excluding hydrogens is 140 g/mol. The fourth-order valence-corrected chi connectivity index (χ4v) is 2.38. The number of hydrogen-bond acceptors (Lipinski definition) is 2. The molecule has 1 fully saturated rings. The SMILES string of the molecule is OCC12CC=CCC1(CO)C2. The van der Waals surface area contributed by atoms with Crippen LogP contribution in [0, 0.1) is 10.8 Å². The quantitative estimate of drug-likeness (QED) is 0.575. The molecule has 0 bridgehead atoms. The molecule has 0 spiro atoms. The summed E-state index contributed by atoms with van der Waals surface area (Å²) < 4.78 is 0. The van der Waals surface area contributed by atoms with Crippen molar-refractivity contribution < 1.29 is 10.2 Å². The molecule has 0 aliphatic heterocycles. The van der Waals surface area contributed by atoms with Gasteiger partial charge in [0.25, 0.3) is 0 Å². The smallest absolute Gasteiger partial charge is 0.0496 e. The van der Waals surface area contributed by atoms with Crippen molar-refractivity contribution in [2.45, 2.75) is 19.3 Å². The van der Waals surface area contributed by atoms with E-state index in [1.165, 1.54) is 0 Å². The Morgan fingerprint density at radius 3 is 1.82 bits per heavy atom. The van der Waals surface area contributed by atoms with Gasteiger partial charge in [0.1, 0.15) is 0 Å². The number of rotatable bonds is 2. The van der Waals surface area contributed by atoms with Gasteiger partial charge in [0.15, 0.2) is 0 Å². The number of allylic oxidation sites excluding steroid dienone is 2. The van der Waals surface area contributed by atoms with Gasteiger partial charge in [-0.05, 0) is 19.3 Å². The summed E-state index contributed by atoms with van der Waals surface area (Å²) in [5.74, 6) is 0. The highest BCUT2D eigenvalue weighted by atomic mass is 16.3. The van der Waals surface area contributed by atoms with Crippen LogP contribution in [0.2, 0.25) is 0 Å². The monoisotopic (exact) mass is 154 g/mol. The lowest BCUT2D eigenvalue weighted by molar-refractivity contribution is 0.118. The Morgan fingerprint density at radius 2 is 1.45 bits per heavy atom. The molecule has 0 radical (unpaired) electrons. The first-order chi connectivity index (χ1) is 5.29. The van der Waals surface area contributed by atoms with Crippen molar-refractivity contribution in [3.8, 4) is 0 Å². The van der Waals surface area contributed by atoms with E-state index in [1.807, 2.05) is 0 Å². The van der Waals surface area contributed by atoms with E-state index in [0.29, 0.717) is 0 Å². The lowest BCUT2D eigenvalue weighted by atomic mass is 9.84. The summed E-state index contributed by atoms with van der Waals surface area (Å²) in [6.45, 7) is 0.468. The van der Waals surface area contributed by atoms with Crippen molar-refractivity contribution >= 4 is 0 Å². The lowest BCUT2D eigenvalue weighted by Gasteiger charge is -2.23. The van der Waals surface area contributed by atoms with Gasteiger partial charge in [-0.3, -0.25) is 0 Å². The van der Waals surface area contributed by atoms with Crippen LogP contribution < -0.4 is 0 Å². The minimum absolute atomic E-state index is 0.0521. The highest BCUT2D eigenvalue weighted by Gasteiger charge is 2.65. The Morgan fingerprint density at radius 1 is 1.00 bits per heavy atom. The summed E-state index contributed by atoms with van der Waals surface area (Å²) >= 11 is 0. The third kappa shape index (κ3) is 0.741. The number of hydrogen-bond donors (Lipinski definition) is 2. The van der Waals surface area contributed by atoms with E-state index in [4.69, 9.17) is 10.2 Å². The van der Waals surface area contributed by atoms with Crippen molar-refractivity contribution in [2.24, 2.45) is 10.8 Å². The highest BCUT2D eigenvalue weighted by Crippen LogP contribution is 2.69. The number of aliphatic hydroxyl groups excluding tert-OH is 2. The van der Waals surface area contributed by atoms with Crippen LogP contribution in [0.15, 0.2) is 12.2 Å². The molecule has 0 aromatic carbocycles. The van der Waals surface area contributed by atoms with Gasteiger partial charge in [-0.2, -0.15) is 0 Å². The molecule has 0 aromatic rings. The molecule has 2 unspecified atom stereocenters. The van der Waals surface area contributed by atoms with Gasteiger partial charge in [0.05, 0.1) is 0 Å². The number of fused-ring (bicyclic) bond motifs is 1. The second-order valence-electron chi connectivity index (χ2n) is 3.93. The van der Waals surface area contributed by atoms with Gasteiger partial charge in [0, 0.05) is 24.0 Å². The van der Waals surface area contributed by atoms with Gasteiger partial charge >= 0.3 is 0 Å². The number of aliphatic hydroxyl groups is 2. The van der Waals surface area contributed by atoms with Gasteiger partial charge < -0.3 is 10.2 Å². The average molecular weight is 154 g/mol. The molecule has 0 saturated heterocycles. The van der Waals surface area contributed by atoms with E-state index in [0.717, 1.165) is 19.3 Å². The van der Waals surface area contributed by atoms with Crippen LogP contribution in [0.25, 0.3) is 0 Å². The van der Waals surface area contributed by atoms with E-state index in [9.17, 15) is 0 Å². The van der Waals surface area contributed by atoms with Crippen LogP contribution >= 0.6 is 0 Å². The van der Waals surface area contributed by atoms with E-state index in [2.05, 4.69) is 12.2 Å². The fourth-order valence-electron chi connectivity index (χ4n) is 2.38. The Balaban J connectivity index is 2.20. The van der Waals surface area contributed by atoms with Crippen LogP contribution in [0.5, 0.6) is 0 Å². The zero-order valence-electron chi connectivity index (χ0n) is 6.58. The van der Waals surface area contributed by atoms with Gasteiger partial charge in [-0.25, -0.2) is 0 Å². The van der Waals surface area contributed by atoms with Crippen LogP contribution in [-0.4, -0.2) is 23.4 Å². The molecule has 62 valence electrons. The molecule has 2 atom stereocenters. The lowest BCUT2D eigenvalue weighted by Crippen LogP contribution is -2.23. The van der Waals surface area contributed by atoms with E-state index in [-0.39, 0.29) is 24.0 Å². The minimum Gasteiger partial charge on any atom is -0.396 e. The first-order valence-corrected chi connectivity index (χ1v) is 4.15. The highest BCUT2D eigenvalue weighted by molar-refractivity contribution is 5.22. The zero-order chi connectivity index (χ0) is 7.95. The topological polar surface area (TPSA) is 40.5 Å². The molecule has 2 nitrogen and oxygen atoms in total. The summed E-state index contributed by atoms with van der Waals surface area (Å²) in [5.41, 5.74) is 0.104. The van der Waals surface area contributed by atoms with Crippen LogP contribution in [0.4, 0.5) is 0 Å². The van der Waals surface area contributed by atoms with E-state index >= 15 is 0 Å². The first-order valence-electron chi connectivity index (χ1n) is 4.15. The Kier molecular flexibility index (Phi) is 1.38. The second-order valence-corrected chi connectivity index (χ2v) is 3.93. The normalized spacial score (nSPS) is 47.1.